The van der Waals surface area contributed by atoms with E-state index in [1.807, 2.05) is 6.92 Å². The van der Waals surface area contributed by atoms with E-state index >= 15 is 0 Å². The predicted molar refractivity (Wildman–Crippen MR) is 56.2 cm³/mol. The third kappa shape index (κ3) is 3.55. The molecule has 0 aliphatic rings. The zero-order valence-electron chi connectivity index (χ0n) is 8.13. The molecule has 0 saturated carbocycles. The molecular weight excluding hydrogens is 201 g/mol. The van der Waals surface area contributed by atoms with Crippen LogP contribution in [0.2, 0.25) is 0 Å². The highest BCUT2D eigenvalue weighted by atomic mass is 32.2. The predicted octanol–water partition coefficient (Wildman–Crippen LogP) is 1.54. The molecule has 0 heterocycles. The van der Waals surface area contributed by atoms with Gasteiger partial charge in [0.15, 0.2) is 0 Å². The first-order valence-electron chi connectivity index (χ1n) is 4.58. The molecule has 4 heteroatoms. The van der Waals surface area contributed by atoms with E-state index in [4.69, 9.17) is 0 Å². The van der Waals surface area contributed by atoms with E-state index in [0.717, 1.165) is 6.54 Å². The van der Waals surface area contributed by atoms with Crippen LogP contribution in [0.4, 0.5) is 4.39 Å². The normalized spacial score (nSPS) is 12.7. The van der Waals surface area contributed by atoms with Gasteiger partial charge in [-0.3, -0.25) is 4.21 Å². The summed E-state index contributed by atoms with van der Waals surface area (Å²) in [5.74, 6) is 0.191. The molecule has 14 heavy (non-hydrogen) atoms. The smallest absolute Gasteiger partial charge is 0.124 e. The third-order valence-corrected chi connectivity index (χ3v) is 3.13. The first-order chi connectivity index (χ1) is 6.74. The maximum Gasteiger partial charge on any atom is 0.124 e. The number of hydrogen-bond acceptors (Lipinski definition) is 2. The quantitative estimate of drug-likeness (QED) is 0.755. The fourth-order valence-corrected chi connectivity index (χ4v) is 2.11. The lowest BCUT2D eigenvalue weighted by atomic mass is 10.4. The second kappa shape index (κ2) is 5.88. The van der Waals surface area contributed by atoms with E-state index in [-0.39, 0.29) is 5.82 Å². The summed E-state index contributed by atoms with van der Waals surface area (Å²) in [6.07, 6.45) is 0. The molecule has 78 valence electrons. The van der Waals surface area contributed by atoms with Crippen molar-refractivity contribution in [3.63, 3.8) is 0 Å². The summed E-state index contributed by atoms with van der Waals surface area (Å²) in [7, 11) is -1.10. The van der Waals surface area contributed by atoms with Gasteiger partial charge in [-0.2, -0.15) is 0 Å². The molecule has 1 aromatic rings. The average molecular weight is 215 g/mol. The van der Waals surface area contributed by atoms with Crippen molar-refractivity contribution in [2.75, 3.05) is 18.8 Å². The summed E-state index contributed by atoms with van der Waals surface area (Å²) in [6, 6.07) is 5.94. The van der Waals surface area contributed by atoms with Gasteiger partial charge in [0.05, 0.1) is 10.8 Å². The SMILES string of the molecule is CCNCCS(=O)c1cccc(F)c1. The number of halogens is 1. The summed E-state index contributed by atoms with van der Waals surface area (Å²) in [5.41, 5.74) is 0. The Bertz CT molecular complexity index is 317. The monoisotopic (exact) mass is 215 g/mol. The zero-order valence-corrected chi connectivity index (χ0v) is 8.94. The Hall–Kier alpha value is -0.740. The van der Waals surface area contributed by atoms with Gasteiger partial charge in [0.25, 0.3) is 0 Å². The largest absolute Gasteiger partial charge is 0.316 e. The number of benzene rings is 1. The lowest BCUT2D eigenvalue weighted by molar-refractivity contribution is 0.622. The summed E-state index contributed by atoms with van der Waals surface area (Å²) in [5, 5.41) is 3.08. The number of nitrogens with one attached hydrogen (secondary N) is 1. The van der Waals surface area contributed by atoms with Crippen LogP contribution in [0.5, 0.6) is 0 Å². The van der Waals surface area contributed by atoms with E-state index in [0.29, 0.717) is 17.2 Å². The fraction of sp³-hybridized carbons (Fsp3) is 0.400. The Morgan fingerprint density at radius 3 is 2.93 bits per heavy atom. The van der Waals surface area contributed by atoms with Crippen LogP contribution in [0.15, 0.2) is 29.2 Å². The molecule has 0 spiro atoms. The highest BCUT2D eigenvalue weighted by molar-refractivity contribution is 7.85. The summed E-state index contributed by atoms with van der Waals surface area (Å²) >= 11 is 0. The topological polar surface area (TPSA) is 29.1 Å². The van der Waals surface area contributed by atoms with Crippen LogP contribution in [-0.2, 0) is 10.8 Å². The van der Waals surface area contributed by atoms with Gasteiger partial charge in [-0.15, -0.1) is 0 Å². The summed E-state index contributed by atoms with van der Waals surface area (Å²) in [4.78, 5) is 0.558. The van der Waals surface area contributed by atoms with E-state index in [2.05, 4.69) is 5.32 Å². The molecule has 0 bridgehead atoms. The van der Waals surface area contributed by atoms with Crippen molar-refractivity contribution < 1.29 is 8.60 Å². The first-order valence-corrected chi connectivity index (χ1v) is 5.90. The van der Waals surface area contributed by atoms with Gasteiger partial charge < -0.3 is 5.32 Å². The van der Waals surface area contributed by atoms with Crippen LogP contribution in [0, 0.1) is 5.82 Å². The van der Waals surface area contributed by atoms with Crippen molar-refractivity contribution in [3.05, 3.63) is 30.1 Å². The van der Waals surface area contributed by atoms with E-state index < -0.39 is 10.8 Å². The minimum atomic E-state index is -1.10. The number of hydrogen-bond donors (Lipinski definition) is 1. The van der Waals surface area contributed by atoms with E-state index in [1.165, 1.54) is 12.1 Å². The molecule has 0 radical (unpaired) electrons. The van der Waals surface area contributed by atoms with Crippen molar-refractivity contribution in [2.45, 2.75) is 11.8 Å². The van der Waals surface area contributed by atoms with Crippen LogP contribution >= 0.6 is 0 Å². The molecule has 1 rings (SSSR count). The number of rotatable bonds is 5. The van der Waals surface area contributed by atoms with E-state index in [1.54, 1.807) is 12.1 Å². The first kappa shape index (κ1) is 11.3. The van der Waals surface area contributed by atoms with Crippen LogP contribution < -0.4 is 5.32 Å². The van der Waals surface area contributed by atoms with Gasteiger partial charge in [0.1, 0.15) is 5.82 Å². The molecule has 1 N–H and O–H groups in total. The molecule has 0 aromatic heterocycles. The molecule has 1 atom stereocenters. The van der Waals surface area contributed by atoms with Gasteiger partial charge in [0.2, 0.25) is 0 Å². The van der Waals surface area contributed by atoms with E-state index in [9.17, 15) is 8.60 Å². The van der Waals surface area contributed by atoms with Gasteiger partial charge in [-0.1, -0.05) is 13.0 Å². The average Bonchev–Trinajstić information content (AvgIpc) is 2.18. The summed E-state index contributed by atoms with van der Waals surface area (Å²) in [6.45, 7) is 3.55. The molecule has 0 aliphatic heterocycles. The van der Waals surface area contributed by atoms with Gasteiger partial charge in [-0.25, -0.2) is 4.39 Å². The Morgan fingerprint density at radius 1 is 1.50 bits per heavy atom. The highest BCUT2D eigenvalue weighted by Gasteiger charge is 2.03. The van der Waals surface area contributed by atoms with Crippen LogP contribution in [0.3, 0.4) is 0 Å². The molecule has 0 saturated heterocycles. The minimum Gasteiger partial charge on any atom is -0.316 e. The Kier molecular flexibility index (Phi) is 4.76. The van der Waals surface area contributed by atoms with Crippen molar-refractivity contribution >= 4 is 10.8 Å². The Morgan fingerprint density at radius 2 is 2.29 bits per heavy atom. The van der Waals surface area contributed by atoms with Crippen molar-refractivity contribution in [1.82, 2.24) is 5.32 Å². The standard InChI is InChI=1S/C10H14FNOS/c1-2-12-6-7-14(13)10-5-3-4-9(11)8-10/h3-5,8,12H,2,6-7H2,1H3. The Labute approximate surface area is 86.0 Å². The minimum absolute atomic E-state index is 0.334. The molecule has 0 amide bonds. The Balaban J connectivity index is 2.52. The molecular formula is C10H14FNOS. The lowest BCUT2D eigenvalue weighted by Gasteiger charge is -2.02. The zero-order chi connectivity index (χ0) is 10.4. The maximum absolute atomic E-state index is 12.8. The van der Waals surface area contributed by atoms with Gasteiger partial charge in [0, 0.05) is 17.2 Å². The van der Waals surface area contributed by atoms with Crippen LogP contribution in [-0.4, -0.2) is 23.1 Å². The highest BCUT2D eigenvalue weighted by Crippen LogP contribution is 2.08. The summed E-state index contributed by atoms with van der Waals surface area (Å²) < 4.78 is 24.3. The molecule has 0 fully saturated rings. The molecule has 2 nitrogen and oxygen atoms in total. The maximum atomic E-state index is 12.8. The molecule has 0 aliphatic carbocycles. The van der Waals surface area contributed by atoms with Crippen LogP contribution in [0.25, 0.3) is 0 Å². The van der Waals surface area contributed by atoms with Gasteiger partial charge >= 0.3 is 0 Å². The second-order valence-electron chi connectivity index (χ2n) is 2.86. The van der Waals surface area contributed by atoms with Crippen molar-refractivity contribution in [3.8, 4) is 0 Å². The molecule has 1 aromatic carbocycles. The second-order valence-corrected chi connectivity index (χ2v) is 4.43. The fourth-order valence-electron chi connectivity index (χ4n) is 1.07. The van der Waals surface area contributed by atoms with Gasteiger partial charge in [-0.05, 0) is 24.7 Å². The third-order valence-electron chi connectivity index (χ3n) is 1.77. The van der Waals surface area contributed by atoms with Crippen LogP contribution in [0.1, 0.15) is 6.92 Å². The molecule has 1 unspecified atom stereocenters. The van der Waals surface area contributed by atoms with Crippen molar-refractivity contribution in [1.29, 1.82) is 0 Å². The lowest BCUT2D eigenvalue weighted by Crippen LogP contribution is -2.19. The van der Waals surface area contributed by atoms with Crippen molar-refractivity contribution in [2.24, 2.45) is 0 Å².